The van der Waals surface area contributed by atoms with Crippen molar-refractivity contribution in [3.63, 3.8) is 0 Å². The van der Waals surface area contributed by atoms with Gasteiger partial charge >= 0.3 is 0 Å². The second kappa shape index (κ2) is 11.2. The maximum atomic E-state index is 12.6. The summed E-state index contributed by atoms with van der Waals surface area (Å²) in [7, 11) is -0.523. The molecule has 3 aromatic heterocycles. The van der Waals surface area contributed by atoms with E-state index in [0.717, 1.165) is 48.1 Å². The van der Waals surface area contributed by atoms with Crippen LogP contribution in [0.5, 0.6) is 5.75 Å². The lowest BCUT2D eigenvalue weighted by atomic mass is 10.1. The Labute approximate surface area is 247 Å². The first-order valence-corrected chi connectivity index (χ1v) is 16.0. The number of rotatable bonds is 8. The average Bonchev–Trinajstić information content (AvgIpc) is 3.46. The topological polar surface area (TPSA) is 146 Å². The molecule has 0 atom stereocenters. The number of anilines is 6. The van der Waals surface area contributed by atoms with Gasteiger partial charge in [0.25, 0.3) is 0 Å². The lowest BCUT2D eigenvalue weighted by Gasteiger charge is -2.32. The summed E-state index contributed by atoms with van der Waals surface area (Å²) in [4.78, 5) is 20.5. The van der Waals surface area contributed by atoms with E-state index in [1.54, 1.807) is 25.4 Å². The van der Waals surface area contributed by atoms with E-state index >= 15 is 0 Å². The van der Waals surface area contributed by atoms with Crippen molar-refractivity contribution in [3.8, 4) is 5.75 Å². The van der Waals surface area contributed by atoms with Crippen molar-refractivity contribution in [2.24, 2.45) is 0 Å². The van der Waals surface area contributed by atoms with E-state index in [-0.39, 0.29) is 6.10 Å². The Morgan fingerprint density at radius 2 is 1.81 bits per heavy atom. The Bertz CT molecular complexity index is 1870. The SMILES string of the molecule is COc1ccc(N2CCC(O)CC2)cc1Nc1nc(Nc2ccc3nccnc3c2N(C)S(C)(=O)=O)c2sccc2n1. The van der Waals surface area contributed by atoms with Crippen LogP contribution in [-0.2, 0) is 10.0 Å². The molecule has 0 spiro atoms. The fourth-order valence-corrected chi connectivity index (χ4v) is 6.27. The first-order valence-electron chi connectivity index (χ1n) is 13.3. The van der Waals surface area contributed by atoms with Crippen LogP contribution < -0.4 is 24.6 Å². The lowest BCUT2D eigenvalue weighted by molar-refractivity contribution is 0.145. The monoisotopic (exact) mass is 606 g/mol. The van der Waals surface area contributed by atoms with E-state index in [1.165, 1.54) is 28.9 Å². The molecule has 42 heavy (non-hydrogen) atoms. The molecular formula is C28H30N8O4S2. The second-order valence-electron chi connectivity index (χ2n) is 10.00. The molecule has 6 rings (SSSR count). The zero-order valence-electron chi connectivity index (χ0n) is 23.3. The second-order valence-corrected chi connectivity index (χ2v) is 12.9. The summed E-state index contributed by atoms with van der Waals surface area (Å²) in [6, 6.07) is 11.3. The number of methoxy groups -OCH3 is 1. The number of benzene rings is 2. The van der Waals surface area contributed by atoms with Crippen molar-refractivity contribution in [1.82, 2.24) is 19.9 Å². The lowest BCUT2D eigenvalue weighted by Crippen LogP contribution is -2.35. The molecule has 0 saturated carbocycles. The Morgan fingerprint density at radius 3 is 2.57 bits per heavy atom. The molecule has 1 aliphatic rings. The number of aliphatic hydroxyl groups excluding tert-OH is 1. The number of aliphatic hydroxyl groups is 1. The number of fused-ring (bicyclic) bond motifs is 2. The third-order valence-corrected chi connectivity index (χ3v) is 9.33. The fourth-order valence-electron chi connectivity index (χ4n) is 4.97. The number of thiophene rings is 1. The third kappa shape index (κ3) is 5.47. The highest BCUT2D eigenvalue weighted by Crippen LogP contribution is 2.38. The maximum Gasteiger partial charge on any atom is 0.232 e. The van der Waals surface area contributed by atoms with E-state index in [2.05, 4.69) is 25.5 Å². The standard InChI is InChI=1S/C28H30N8O4S2/c1-35(42(3,38)39)25-20(6-5-19-24(25)30-12-11-29-19)31-27-26-21(10-15-41-26)32-28(34-27)33-22-16-17(4-7-23(22)40-2)36-13-8-18(37)9-14-36/h4-7,10-12,15-16,18,37H,8-9,13-14H2,1-3H3,(H2,31,32,33,34). The minimum absolute atomic E-state index is 0.263. The molecule has 5 aromatic rings. The van der Waals surface area contributed by atoms with Gasteiger partial charge in [0, 0.05) is 38.2 Å². The predicted octanol–water partition coefficient (Wildman–Crippen LogP) is 4.49. The molecule has 3 N–H and O–H groups in total. The molecule has 1 saturated heterocycles. The molecule has 0 bridgehead atoms. The first-order chi connectivity index (χ1) is 20.2. The van der Waals surface area contributed by atoms with Crippen LogP contribution in [0.15, 0.2) is 54.2 Å². The van der Waals surface area contributed by atoms with Gasteiger partial charge in [0.2, 0.25) is 16.0 Å². The minimum Gasteiger partial charge on any atom is -0.495 e. The first kappa shape index (κ1) is 27.9. The highest BCUT2D eigenvalue weighted by atomic mass is 32.2. The van der Waals surface area contributed by atoms with Crippen molar-refractivity contribution in [1.29, 1.82) is 0 Å². The number of aromatic nitrogens is 4. The van der Waals surface area contributed by atoms with Crippen LogP contribution in [0.4, 0.5) is 34.5 Å². The zero-order chi connectivity index (χ0) is 29.4. The smallest absolute Gasteiger partial charge is 0.232 e. The molecule has 1 fully saturated rings. The summed E-state index contributed by atoms with van der Waals surface area (Å²) in [5.41, 5.74) is 4.29. The van der Waals surface area contributed by atoms with Crippen molar-refractivity contribution in [2.45, 2.75) is 18.9 Å². The number of piperidine rings is 1. The summed E-state index contributed by atoms with van der Waals surface area (Å²) in [6.45, 7) is 1.53. The minimum atomic E-state index is -3.62. The van der Waals surface area contributed by atoms with Crippen molar-refractivity contribution < 1.29 is 18.3 Å². The maximum absolute atomic E-state index is 12.6. The zero-order valence-corrected chi connectivity index (χ0v) is 24.9. The predicted molar refractivity (Wildman–Crippen MR) is 167 cm³/mol. The quantitative estimate of drug-likeness (QED) is 0.230. The molecule has 0 aliphatic carbocycles. The van der Waals surface area contributed by atoms with E-state index < -0.39 is 10.0 Å². The van der Waals surface area contributed by atoms with Gasteiger partial charge in [-0.05, 0) is 54.6 Å². The van der Waals surface area contributed by atoms with Crippen molar-refractivity contribution in [3.05, 3.63) is 54.2 Å². The van der Waals surface area contributed by atoms with E-state index in [1.807, 2.05) is 29.6 Å². The van der Waals surface area contributed by atoms with Crippen molar-refractivity contribution in [2.75, 3.05) is 53.3 Å². The number of hydrogen-bond donors (Lipinski definition) is 3. The van der Waals surface area contributed by atoms with Crippen LogP contribution in [-0.4, -0.2) is 73.1 Å². The van der Waals surface area contributed by atoms with Gasteiger partial charge in [-0.1, -0.05) is 0 Å². The van der Waals surface area contributed by atoms with Crippen LogP contribution in [0.2, 0.25) is 0 Å². The molecule has 2 aromatic carbocycles. The molecule has 1 aliphatic heterocycles. The summed E-state index contributed by atoms with van der Waals surface area (Å²) in [6.07, 6.45) is 5.42. The van der Waals surface area contributed by atoms with Gasteiger partial charge in [-0.25, -0.2) is 13.4 Å². The van der Waals surface area contributed by atoms with E-state index in [0.29, 0.717) is 45.6 Å². The normalized spacial score (nSPS) is 14.3. The van der Waals surface area contributed by atoms with Crippen LogP contribution in [0.3, 0.4) is 0 Å². The Hall–Kier alpha value is -4.27. The van der Waals surface area contributed by atoms with Gasteiger partial charge in [-0.3, -0.25) is 14.3 Å². The Balaban J connectivity index is 1.39. The summed E-state index contributed by atoms with van der Waals surface area (Å²) in [5, 5.41) is 18.5. The van der Waals surface area contributed by atoms with Crippen LogP contribution in [0.1, 0.15) is 12.8 Å². The van der Waals surface area contributed by atoms with Crippen LogP contribution in [0.25, 0.3) is 21.3 Å². The average molecular weight is 607 g/mol. The molecule has 0 amide bonds. The van der Waals surface area contributed by atoms with Gasteiger partial charge < -0.3 is 25.4 Å². The molecule has 218 valence electrons. The Morgan fingerprint density at radius 1 is 1.02 bits per heavy atom. The molecular weight excluding hydrogens is 576 g/mol. The van der Waals surface area contributed by atoms with E-state index in [9.17, 15) is 13.5 Å². The highest BCUT2D eigenvalue weighted by molar-refractivity contribution is 7.92. The van der Waals surface area contributed by atoms with Gasteiger partial charge in [-0.2, -0.15) is 4.98 Å². The van der Waals surface area contributed by atoms with Crippen LogP contribution in [0, 0.1) is 0 Å². The highest BCUT2D eigenvalue weighted by Gasteiger charge is 2.23. The molecule has 0 unspecified atom stereocenters. The number of nitrogens with zero attached hydrogens (tertiary/aromatic N) is 6. The third-order valence-electron chi connectivity index (χ3n) is 7.24. The van der Waals surface area contributed by atoms with E-state index in [4.69, 9.17) is 14.7 Å². The number of ether oxygens (including phenoxy) is 1. The molecule has 12 nitrogen and oxygen atoms in total. The number of nitrogens with one attached hydrogen (secondary N) is 2. The van der Waals surface area contributed by atoms with Gasteiger partial charge in [-0.15, -0.1) is 11.3 Å². The van der Waals surface area contributed by atoms with Gasteiger partial charge in [0.1, 0.15) is 17.0 Å². The summed E-state index contributed by atoms with van der Waals surface area (Å²) >= 11 is 1.47. The molecule has 14 heteroatoms. The summed E-state index contributed by atoms with van der Waals surface area (Å²) in [5.74, 6) is 1.47. The van der Waals surface area contributed by atoms with Crippen molar-refractivity contribution >= 4 is 77.1 Å². The Kier molecular flexibility index (Phi) is 7.43. The van der Waals surface area contributed by atoms with Gasteiger partial charge in [0.05, 0.1) is 46.6 Å². The van der Waals surface area contributed by atoms with Gasteiger partial charge in [0.15, 0.2) is 5.82 Å². The summed E-state index contributed by atoms with van der Waals surface area (Å²) < 4.78 is 32.9. The largest absolute Gasteiger partial charge is 0.495 e. The fraction of sp³-hybridized carbons (Fsp3) is 0.286. The molecule has 4 heterocycles. The van der Waals surface area contributed by atoms with Crippen LogP contribution >= 0.6 is 11.3 Å². The number of hydrogen-bond acceptors (Lipinski definition) is 12. The molecule has 0 radical (unpaired) electrons. The number of sulfonamides is 1.